The molecular weight excluding hydrogens is 204 g/mol. The Morgan fingerprint density at radius 2 is 1.79 bits per heavy atom. The summed E-state index contributed by atoms with van der Waals surface area (Å²) in [5, 5.41) is 0. The van der Waals surface area contributed by atoms with Gasteiger partial charge in [0.1, 0.15) is 5.54 Å². The van der Waals surface area contributed by atoms with Crippen LogP contribution in [-0.4, -0.2) is 12.2 Å². The van der Waals surface area contributed by atoms with Crippen molar-refractivity contribution >= 4 is 11.8 Å². The Hall–Kier alpha value is -0.610. The van der Waals surface area contributed by atoms with E-state index in [9.17, 15) is 8.78 Å². The van der Waals surface area contributed by atoms with Gasteiger partial charge in [0, 0.05) is 11.3 Å². The van der Waals surface area contributed by atoms with Crippen LogP contribution in [0.4, 0.5) is 8.78 Å². The van der Waals surface area contributed by atoms with E-state index in [0.717, 1.165) is 4.90 Å². The number of benzene rings is 1. The summed E-state index contributed by atoms with van der Waals surface area (Å²) in [6.45, 7) is 0. The zero-order valence-corrected chi connectivity index (χ0v) is 8.57. The van der Waals surface area contributed by atoms with Crippen molar-refractivity contribution in [3.63, 3.8) is 0 Å². The summed E-state index contributed by atoms with van der Waals surface area (Å²) in [5.74, 6) is -2.73. The maximum atomic E-state index is 12.9. The summed E-state index contributed by atoms with van der Waals surface area (Å²) in [6.07, 6.45) is 1.71. The van der Waals surface area contributed by atoms with Crippen molar-refractivity contribution < 1.29 is 8.78 Å². The molecule has 0 radical (unpaired) electrons. The number of halogens is 2. The molecular formula is C10H11F2NS. The van der Waals surface area contributed by atoms with Crippen LogP contribution in [0.1, 0.15) is 12.0 Å². The van der Waals surface area contributed by atoms with Crippen molar-refractivity contribution in [3.8, 4) is 0 Å². The lowest BCUT2D eigenvalue weighted by Crippen LogP contribution is -2.26. The third kappa shape index (κ3) is 1.33. The van der Waals surface area contributed by atoms with Crippen molar-refractivity contribution in [2.75, 3.05) is 6.26 Å². The van der Waals surface area contributed by atoms with Crippen LogP contribution in [0.3, 0.4) is 0 Å². The Kier molecular flexibility index (Phi) is 2.08. The molecule has 2 rings (SSSR count). The molecule has 1 saturated carbocycles. The van der Waals surface area contributed by atoms with Gasteiger partial charge < -0.3 is 5.73 Å². The molecule has 1 aliphatic rings. The fraction of sp³-hybridized carbons (Fsp3) is 0.400. The van der Waals surface area contributed by atoms with Gasteiger partial charge in [-0.25, -0.2) is 8.78 Å². The van der Waals surface area contributed by atoms with Crippen molar-refractivity contribution in [2.24, 2.45) is 5.73 Å². The average Bonchev–Trinajstić information content (AvgIpc) is 2.68. The van der Waals surface area contributed by atoms with E-state index in [0.29, 0.717) is 5.56 Å². The van der Waals surface area contributed by atoms with Crippen molar-refractivity contribution in [1.29, 1.82) is 0 Å². The third-order valence-corrected chi connectivity index (χ3v) is 3.38. The molecule has 0 bridgehead atoms. The normalized spacial score (nSPS) is 28.9. The van der Waals surface area contributed by atoms with Gasteiger partial charge >= 0.3 is 0 Å². The molecule has 0 aromatic heterocycles. The largest absolute Gasteiger partial charge is 0.316 e. The summed E-state index contributed by atoms with van der Waals surface area (Å²) >= 11 is 1.58. The first-order chi connectivity index (χ1) is 6.49. The topological polar surface area (TPSA) is 26.0 Å². The molecule has 1 unspecified atom stereocenters. The lowest BCUT2D eigenvalue weighted by atomic mass is 10.1. The lowest BCUT2D eigenvalue weighted by molar-refractivity contribution is 0.0891. The van der Waals surface area contributed by atoms with E-state index in [4.69, 9.17) is 5.73 Å². The zero-order valence-electron chi connectivity index (χ0n) is 7.76. The van der Waals surface area contributed by atoms with Gasteiger partial charge in [0.15, 0.2) is 0 Å². The summed E-state index contributed by atoms with van der Waals surface area (Å²) in [6, 6.07) is 7.02. The minimum atomic E-state index is -2.73. The molecule has 0 spiro atoms. The van der Waals surface area contributed by atoms with Gasteiger partial charge in [-0.05, 0) is 24.0 Å². The second-order valence-electron chi connectivity index (χ2n) is 3.58. The van der Waals surface area contributed by atoms with Gasteiger partial charge in [-0.15, -0.1) is 11.8 Å². The summed E-state index contributed by atoms with van der Waals surface area (Å²) < 4.78 is 25.8. The van der Waals surface area contributed by atoms with E-state index in [-0.39, 0.29) is 6.42 Å². The number of alkyl halides is 2. The van der Waals surface area contributed by atoms with Crippen molar-refractivity contribution in [1.82, 2.24) is 0 Å². The van der Waals surface area contributed by atoms with Gasteiger partial charge in [-0.3, -0.25) is 0 Å². The van der Waals surface area contributed by atoms with Crippen LogP contribution in [0.5, 0.6) is 0 Å². The minimum absolute atomic E-state index is 0.237. The van der Waals surface area contributed by atoms with Crippen molar-refractivity contribution in [3.05, 3.63) is 29.8 Å². The molecule has 14 heavy (non-hydrogen) atoms. The molecule has 0 heterocycles. The molecule has 4 heteroatoms. The minimum Gasteiger partial charge on any atom is -0.316 e. The predicted octanol–water partition coefficient (Wildman–Crippen LogP) is 2.60. The maximum Gasteiger partial charge on any atom is 0.272 e. The van der Waals surface area contributed by atoms with Crippen LogP contribution in [0, 0.1) is 0 Å². The predicted molar refractivity (Wildman–Crippen MR) is 53.7 cm³/mol. The second kappa shape index (κ2) is 2.94. The third-order valence-electron chi connectivity index (χ3n) is 2.63. The molecule has 1 fully saturated rings. The Labute approximate surface area is 85.7 Å². The zero-order chi connectivity index (χ0) is 10.4. The molecule has 1 nitrogen and oxygen atoms in total. The smallest absolute Gasteiger partial charge is 0.272 e. The van der Waals surface area contributed by atoms with E-state index < -0.39 is 11.5 Å². The molecule has 76 valence electrons. The quantitative estimate of drug-likeness (QED) is 0.767. The molecule has 0 amide bonds. The summed E-state index contributed by atoms with van der Waals surface area (Å²) in [7, 11) is 0. The van der Waals surface area contributed by atoms with Crippen LogP contribution < -0.4 is 5.73 Å². The monoisotopic (exact) mass is 215 g/mol. The average molecular weight is 215 g/mol. The van der Waals surface area contributed by atoms with E-state index in [2.05, 4.69) is 0 Å². The molecule has 1 aromatic carbocycles. The number of hydrogen-bond donors (Lipinski definition) is 1. The van der Waals surface area contributed by atoms with E-state index >= 15 is 0 Å². The van der Waals surface area contributed by atoms with Gasteiger partial charge in [-0.1, -0.05) is 12.1 Å². The number of nitrogens with two attached hydrogens (primary N) is 1. The Morgan fingerprint density at radius 1 is 1.29 bits per heavy atom. The number of thioether (sulfide) groups is 1. The van der Waals surface area contributed by atoms with Crippen molar-refractivity contribution in [2.45, 2.75) is 22.8 Å². The highest BCUT2D eigenvalue weighted by Crippen LogP contribution is 2.57. The van der Waals surface area contributed by atoms with Crippen LogP contribution >= 0.6 is 11.8 Å². The van der Waals surface area contributed by atoms with Crippen LogP contribution in [0.25, 0.3) is 0 Å². The van der Waals surface area contributed by atoms with Gasteiger partial charge in [0.05, 0.1) is 0 Å². The van der Waals surface area contributed by atoms with Crippen LogP contribution in [0.2, 0.25) is 0 Å². The van der Waals surface area contributed by atoms with Crippen LogP contribution in [-0.2, 0) is 5.54 Å². The SMILES string of the molecule is CSc1ccc(C2(N)CC2(F)F)cc1. The molecule has 1 aliphatic carbocycles. The van der Waals surface area contributed by atoms with Gasteiger partial charge in [0.2, 0.25) is 0 Å². The molecule has 0 aliphatic heterocycles. The first-order valence-corrected chi connectivity index (χ1v) is 5.53. The highest BCUT2D eigenvalue weighted by molar-refractivity contribution is 7.98. The first-order valence-electron chi connectivity index (χ1n) is 4.31. The fourth-order valence-corrected chi connectivity index (χ4v) is 1.92. The number of hydrogen-bond acceptors (Lipinski definition) is 2. The molecule has 1 atom stereocenters. The highest BCUT2D eigenvalue weighted by atomic mass is 32.2. The van der Waals surface area contributed by atoms with Gasteiger partial charge in [-0.2, -0.15) is 0 Å². The lowest BCUT2D eigenvalue weighted by Gasteiger charge is -2.10. The summed E-state index contributed by atoms with van der Waals surface area (Å²) in [5.41, 5.74) is 4.70. The van der Waals surface area contributed by atoms with E-state index in [1.54, 1.807) is 23.9 Å². The Balaban J connectivity index is 2.27. The molecule has 0 saturated heterocycles. The highest BCUT2D eigenvalue weighted by Gasteiger charge is 2.69. The summed E-state index contributed by atoms with van der Waals surface area (Å²) in [4.78, 5) is 1.06. The number of rotatable bonds is 2. The van der Waals surface area contributed by atoms with E-state index in [1.807, 2.05) is 18.4 Å². The fourth-order valence-electron chi connectivity index (χ4n) is 1.51. The van der Waals surface area contributed by atoms with Crippen LogP contribution in [0.15, 0.2) is 29.2 Å². The molecule has 2 N–H and O–H groups in total. The van der Waals surface area contributed by atoms with E-state index in [1.165, 1.54) is 0 Å². The van der Waals surface area contributed by atoms with Gasteiger partial charge in [0.25, 0.3) is 5.92 Å². The standard InChI is InChI=1S/C10H11F2NS/c1-14-8-4-2-7(3-5-8)9(13)6-10(9,11)12/h2-5H,6,13H2,1H3. The Morgan fingerprint density at radius 3 is 2.14 bits per heavy atom. The maximum absolute atomic E-state index is 12.9. The Bertz CT molecular complexity index is 350. The first kappa shape index (κ1) is 9.93. The second-order valence-corrected chi connectivity index (χ2v) is 4.46. The molecule has 1 aromatic rings.